The second-order valence-electron chi connectivity index (χ2n) is 5.77. The fourth-order valence-electron chi connectivity index (χ4n) is 2.64. The average molecular weight is 356 g/mol. The molecule has 7 heteroatoms. The molecule has 134 valence electrons. The van der Waals surface area contributed by atoms with Crippen LogP contribution in [0.4, 0.5) is 0 Å². The van der Waals surface area contributed by atoms with Gasteiger partial charge in [-0.1, -0.05) is 18.2 Å². The Morgan fingerprint density at radius 2 is 1.75 bits per heavy atom. The third-order valence-electron chi connectivity index (χ3n) is 4.05. The van der Waals surface area contributed by atoms with E-state index in [1.54, 1.807) is 16.7 Å². The number of carbonyl (C=O) groups excluding carboxylic acids is 2. The number of para-hydroxylation sites is 1. The molecule has 0 radical (unpaired) electrons. The van der Waals surface area contributed by atoms with Crippen LogP contribution in [-0.2, 0) is 9.59 Å². The lowest BCUT2D eigenvalue weighted by Crippen LogP contribution is -2.53. The van der Waals surface area contributed by atoms with Crippen molar-refractivity contribution in [3.05, 3.63) is 29.8 Å². The Labute approximate surface area is 149 Å². The molecule has 0 aromatic heterocycles. The molecule has 2 N–H and O–H groups in total. The maximum Gasteiger partial charge on any atom is 0.263 e. The molecule has 6 nitrogen and oxygen atoms in total. The van der Waals surface area contributed by atoms with Gasteiger partial charge in [-0.3, -0.25) is 9.59 Å². The van der Waals surface area contributed by atoms with Gasteiger partial charge in [0.2, 0.25) is 5.91 Å². The topological polar surface area (TPSA) is 75.9 Å². The van der Waals surface area contributed by atoms with Crippen molar-refractivity contribution in [2.24, 2.45) is 5.73 Å². The lowest BCUT2D eigenvalue weighted by molar-refractivity contribution is -0.143. The highest BCUT2D eigenvalue weighted by molar-refractivity contribution is 5.85. The van der Waals surface area contributed by atoms with Crippen LogP contribution >= 0.6 is 12.4 Å². The van der Waals surface area contributed by atoms with Crippen LogP contribution in [0.25, 0.3) is 0 Å². The monoisotopic (exact) mass is 355 g/mol. The number of carbonyl (C=O) groups is 2. The molecule has 0 spiro atoms. The normalized spacial score (nSPS) is 15.5. The van der Waals surface area contributed by atoms with Gasteiger partial charge >= 0.3 is 0 Å². The van der Waals surface area contributed by atoms with Crippen LogP contribution in [0.5, 0.6) is 5.75 Å². The zero-order chi connectivity index (χ0) is 16.8. The average Bonchev–Trinajstić information content (AvgIpc) is 2.56. The number of rotatable bonds is 5. The van der Waals surface area contributed by atoms with Crippen molar-refractivity contribution in [3.8, 4) is 5.75 Å². The number of benzene rings is 1. The second-order valence-corrected chi connectivity index (χ2v) is 5.77. The van der Waals surface area contributed by atoms with Gasteiger partial charge in [-0.25, -0.2) is 0 Å². The summed E-state index contributed by atoms with van der Waals surface area (Å²) in [6.45, 7) is 6.27. The van der Waals surface area contributed by atoms with E-state index in [1.807, 2.05) is 31.2 Å². The molecular formula is C17H26ClN3O3. The van der Waals surface area contributed by atoms with Crippen molar-refractivity contribution in [1.82, 2.24) is 9.80 Å². The number of ether oxygens (including phenoxy) is 1. The summed E-state index contributed by atoms with van der Waals surface area (Å²) in [6, 6.07) is 7.64. The van der Waals surface area contributed by atoms with Crippen molar-refractivity contribution < 1.29 is 14.3 Å². The van der Waals surface area contributed by atoms with E-state index >= 15 is 0 Å². The van der Waals surface area contributed by atoms with E-state index in [4.69, 9.17) is 10.5 Å². The quantitative estimate of drug-likeness (QED) is 0.861. The van der Waals surface area contributed by atoms with E-state index < -0.39 is 6.10 Å². The van der Waals surface area contributed by atoms with E-state index in [-0.39, 0.29) is 24.2 Å². The first-order chi connectivity index (χ1) is 11.0. The Kier molecular flexibility index (Phi) is 8.01. The molecule has 2 amide bonds. The molecule has 1 fully saturated rings. The van der Waals surface area contributed by atoms with Gasteiger partial charge in [-0.15, -0.1) is 12.4 Å². The summed E-state index contributed by atoms with van der Waals surface area (Å²) >= 11 is 0. The first-order valence-corrected chi connectivity index (χ1v) is 8.02. The standard InChI is InChI=1S/C17H25N3O3.ClH/c1-13-5-3-4-6-15(13)23-14(2)17(22)20-11-9-19(10-12-20)16(21)7-8-18;/h3-6,14H,7-12,18H2,1-2H3;1H. The summed E-state index contributed by atoms with van der Waals surface area (Å²) in [5.74, 6) is 0.744. The summed E-state index contributed by atoms with van der Waals surface area (Å²) < 4.78 is 5.78. The van der Waals surface area contributed by atoms with Crippen molar-refractivity contribution in [1.29, 1.82) is 0 Å². The van der Waals surface area contributed by atoms with Crippen LogP contribution in [0.3, 0.4) is 0 Å². The molecule has 0 aliphatic carbocycles. The Morgan fingerprint density at radius 3 is 2.33 bits per heavy atom. The molecule has 24 heavy (non-hydrogen) atoms. The Morgan fingerprint density at radius 1 is 1.17 bits per heavy atom. The van der Waals surface area contributed by atoms with E-state index in [1.165, 1.54) is 0 Å². The maximum atomic E-state index is 12.5. The number of hydrogen-bond acceptors (Lipinski definition) is 4. The van der Waals surface area contributed by atoms with E-state index in [9.17, 15) is 9.59 Å². The van der Waals surface area contributed by atoms with Gasteiger partial charge in [0.1, 0.15) is 5.75 Å². The summed E-state index contributed by atoms with van der Waals surface area (Å²) in [5, 5.41) is 0. The fourth-order valence-corrected chi connectivity index (χ4v) is 2.64. The zero-order valence-electron chi connectivity index (χ0n) is 14.2. The fraction of sp³-hybridized carbons (Fsp3) is 0.529. The first kappa shape index (κ1) is 20.3. The van der Waals surface area contributed by atoms with Gasteiger partial charge in [-0.2, -0.15) is 0 Å². The molecule has 2 rings (SSSR count). The zero-order valence-corrected chi connectivity index (χ0v) is 15.1. The molecule has 1 saturated heterocycles. The molecule has 1 unspecified atom stereocenters. The predicted molar refractivity (Wildman–Crippen MR) is 95.3 cm³/mol. The van der Waals surface area contributed by atoms with Crippen molar-refractivity contribution in [2.45, 2.75) is 26.4 Å². The van der Waals surface area contributed by atoms with Gasteiger partial charge in [-0.05, 0) is 25.5 Å². The van der Waals surface area contributed by atoms with Gasteiger partial charge < -0.3 is 20.3 Å². The lowest BCUT2D eigenvalue weighted by atomic mass is 10.2. The number of nitrogens with zero attached hydrogens (tertiary/aromatic N) is 2. The minimum absolute atomic E-state index is 0. The summed E-state index contributed by atoms with van der Waals surface area (Å²) in [5.41, 5.74) is 6.41. The summed E-state index contributed by atoms with van der Waals surface area (Å²) in [4.78, 5) is 27.8. The molecule has 1 atom stereocenters. The lowest BCUT2D eigenvalue weighted by Gasteiger charge is -2.36. The van der Waals surface area contributed by atoms with Gasteiger partial charge in [0.05, 0.1) is 0 Å². The highest BCUT2D eigenvalue weighted by Gasteiger charge is 2.27. The number of nitrogens with two attached hydrogens (primary N) is 1. The highest BCUT2D eigenvalue weighted by Crippen LogP contribution is 2.18. The predicted octanol–water partition coefficient (Wildman–Crippen LogP) is 1.20. The number of amides is 2. The largest absolute Gasteiger partial charge is 0.481 e. The SMILES string of the molecule is Cc1ccccc1OC(C)C(=O)N1CCN(C(=O)CCN)CC1.Cl. The van der Waals surface area contributed by atoms with Crippen LogP contribution < -0.4 is 10.5 Å². The Balaban J connectivity index is 0.00000288. The van der Waals surface area contributed by atoms with Crippen LogP contribution in [0, 0.1) is 6.92 Å². The molecule has 1 aromatic carbocycles. The Hall–Kier alpha value is -1.79. The molecule has 0 bridgehead atoms. The molecule has 1 aromatic rings. The Bertz CT molecular complexity index is 560. The smallest absolute Gasteiger partial charge is 0.263 e. The van der Waals surface area contributed by atoms with Crippen LogP contribution in [0.1, 0.15) is 18.9 Å². The van der Waals surface area contributed by atoms with Crippen molar-refractivity contribution in [3.63, 3.8) is 0 Å². The maximum absolute atomic E-state index is 12.5. The second kappa shape index (κ2) is 9.49. The van der Waals surface area contributed by atoms with Gasteiger partial charge in [0.25, 0.3) is 5.91 Å². The summed E-state index contributed by atoms with van der Waals surface area (Å²) in [6.07, 6.45) is -0.178. The third-order valence-corrected chi connectivity index (χ3v) is 4.05. The number of aryl methyl sites for hydroxylation is 1. The van der Waals surface area contributed by atoms with E-state index in [0.717, 1.165) is 11.3 Å². The number of piperazine rings is 1. The van der Waals surface area contributed by atoms with E-state index in [2.05, 4.69) is 0 Å². The van der Waals surface area contributed by atoms with Crippen LogP contribution in [0.15, 0.2) is 24.3 Å². The van der Waals surface area contributed by atoms with Crippen molar-refractivity contribution >= 4 is 24.2 Å². The van der Waals surface area contributed by atoms with Crippen LogP contribution in [0.2, 0.25) is 0 Å². The minimum atomic E-state index is -0.539. The summed E-state index contributed by atoms with van der Waals surface area (Å²) in [7, 11) is 0. The number of hydrogen-bond donors (Lipinski definition) is 1. The first-order valence-electron chi connectivity index (χ1n) is 8.02. The molecule has 1 aliphatic heterocycles. The van der Waals surface area contributed by atoms with Gasteiger partial charge in [0.15, 0.2) is 6.10 Å². The van der Waals surface area contributed by atoms with E-state index in [0.29, 0.717) is 39.1 Å². The highest BCUT2D eigenvalue weighted by atomic mass is 35.5. The van der Waals surface area contributed by atoms with Crippen LogP contribution in [-0.4, -0.2) is 60.4 Å². The van der Waals surface area contributed by atoms with Gasteiger partial charge in [0, 0.05) is 39.1 Å². The molecule has 1 heterocycles. The molecule has 0 saturated carbocycles. The number of halogens is 1. The minimum Gasteiger partial charge on any atom is -0.481 e. The van der Waals surface area contributed by atoms with Crippen molar-refractivity contribution in [2.75, 3.05) is 32.7 Å². The molecule has 1 aliphatic rings. The molecular weight excluding hydrogens is 330 g/mol. The third kappa shape index (κ3) is 5.11.